The Balaban J connectivity index is 1.26. The summed E-state index contributed by atoms with van der Waals surface area (Å²) in [6.07, 6.45) is 0. The van der Waals surface area contributed by atoms with E-state index in [2.05, 4.69) is 60.7 Å². The van der Waals surface area contributed by atoms with Crippen molar-refractivity contribution in [2.24, 2.45) is 0 Å². The van der Waals surface area contributed by atoms with Gasteiger partial charge in [0.2, 0.25) is 0 Å². The second-order valence-electron chi connectivity index (χ2n) is 11.5. The van der Waals surface area contributed by atoms with Gasteiger partial charge in [0.25, 0.3) is 0 Å². The van der Waals surface area contributed by atoms with E-state index in [1.54, 1.807) is 0 Å². The van der Waals surface area contributed by atoms with Gasteiger partial charge in [-0.05, 0) is 35.4 Å². The molecule has 3 aromatic heterocycles. The Morgan fingerprint density at radius 2 is 0.915 bits per heavy atom. The summed E-state index contributed by atoms with van der Waals surface area (Å²) in [6.45, 7) is 0. The first-order chi connectivity index (χ1) is 23.3. The second-order valence-corrected chi connectivity index (χ2v) is 11.5. The van der Waals surface area contributed by atoms with E-state index in [9.17, 15) is 0 Å². The quantitative estimate of drug-likeness (QED) is 0.196. The van der Waals surface area contributed by atoms with Gasteiger partial charge in [-0.1, -0.05) is 133 Å². The van der Waals surface area contributed by atoms with Gasteiger partial charge in [0.15, 0.2) is 17.5 Å². The highest BCUT2D eigenvalue weighted by atomic mass is 16.3. The Kier molecular flexibility index (Phi) is 6.39. The van der Waals surface area contributed by atoms with E-state index in [-0.39, 0.29) is 0 Å². The summed E-state index contributed by atoms with van der Waals surface area (Å²) in [5, 5.41) is 3.00. The first-order valence-electron chi connectivity index (χ1n) is 15.6. The van der Waals surface area contributed by atoms with Crippen LogP contribution in [0.5, 0.6) is 0 Å². The zero-order valence-corrected chi connectivity index (χ0v) is 25.2. The average Bonchev–Trinajstić information content (AvgIpc) is 3.55. The molecular weight excluding hydrogens is 576 g/mol. The van der Waals surface area contributed by atoms with Gasteiger partial charge >= 0.3 is 0 Å². The maximum absolute atomic E-state index is 6.54. The molecule has 9 rings (SSSR count). The standard InChI is InChI=1S/C42H26N4O/c1-4-13-27(14-5-1)30-23-24-33-35(26-30)43-38(37-34-21-10-11-22-36(34)47-39(33)37)31-19-12-20-32(25-31)42-45-40(28-15-6-2-7-16-28)44-41(46-42)29-17-8-3-9-18-29/h1-26H. The smallest absolute Gasteiger partial charge is 0.164 e. The fourth-order valence-electron chi connectivity index (χ4n) is 6.23. The molecule has 0 atom stereocenters. The first kappa shape index (κ1) is 26.9. The van der Waals surface area contributed by atoms with Gasteiger partial charge in [-0.2, -0.15) is 0 Å². The molecule has 0 radical (unpaired) electrons. The van der Waals surface area contributed by atoms with Gasteiger partial charge < -0.3 is 4.42 Å². The van der Waals surface area contributed by atoms with Gasteiger partial charge in [0.05, 0.1) is 16.6 Å². The van der Waals surface area contributed by atoms with Gasteiger partial charge in [0, 0.05) is 33.0 Å². The van der Waals surface area contributed by atoms with Crippen LogP contribution in [0.25, 0.3) is 89.4 Å². The van der Waals surface area contributed by atoms with E-state index in [0.29, 0.717) is 17.5 Å². The third-order valence-corrected chi connectivity index (χ3v) is 8.51. The summed E-state index contributed by atoms with van der Waals surface area (Å²) in [4.78, 5) is 20.1. The van der Waals surface area contributed by atoms with E-state index in [1.807, 2.05) is 97.1 Å². The lowest BCUT2D eigenvalue weighted by atomic mass is 9.99. The van der Waals surface area contributed by atoms with Crippen LogP contribution in [-0.2, 0) is 0 Å². The molecule has 5 nitrogen and oxygen atoms in total. The molecule has 0 bridgehead atoms. The van der Waals surface area contributed by atoms with Crippen molar-refractivity contribution in [3.05, 3.63) is 158 Å². The number of hydrogen-bond donors (Lipinski definition) is 0. The van der Waals surface area contributed by atoms with Gasteiger partial charge in [0.1, 0.15) is 11.2 Å². The molecule has 6 aromatic carbocycles. The SMILES string of the molecule is c1ccc(-c2ccc3c(c2)nc(-c2cccc(-c4nc(-c5ccccc5)nc(-c5ccccc5)n4)c2)c2c4ccccc4oc32)cc1. The molecule has 47 heavy (non-hydrogen) atoms. The maximum Gasteiger partial charge on any atom is 0.164 e. The molecule has 0 aliphatic heterocycles. The Bertz CT molecular complexity index is 2500. The zero-order valence-electron chi connectivity index (χ0n) is 25.2. The zero-order chi connectivity index (χ0) is 31.2. The third-order valence-electron chi connectivity index (χ3n) is 8.51. The summed E-state index contributed by atoms with van der Waals surface area (Å²) >= 11 is 0. The predicted molar refractivity (Wildman–Crippen MR) is 190 cm³/mol. The minimum Gasteiger partial charge on any atom is -0.455 e. The lowest BCUT2D eigenvalue weighted by Crippen LogP contribution is -2.00. The number of para-hydroxylation sites is 1. The summed E-state index contributed by atoms with van der Waals surface area (Å²) in [7, 11) is 0. The first-order valence-corrected chi connectivity index (χ1v) is 15.6. The van der Waals surface area contributed by atoms with Gasteiger partial charge in [-0.3, -0.25) is 0 Å². The molecule has 0 fully saturated rings. The Labute approximate surface area is 270 Å². The van der Waals surface area contributed by atoms with Crippen molar-refractivity contribution in [2.45, 2.75) is 0 Å². The number of rotatable bonds is 5. The van der Waals surface area contributed by atoms with Crippen LogP contribution in [-0.4, -0.2) is 19.9 Å². The topological polar surface area (TPSA) is 64.7 Å². The molecule has 9 aromatic rings. The lowest BCUT2D eigenvalue weighted by molar-refractivity contribution is 0.672. The van der Waals surface area contributed by atoms with E-state index in [1.165, 1.54) is 0 Å². The van der Waals surface area contributed by atoms with E-state index in [4.69, 9.17) is 24.4 Å². The number of nitrogens with zero attached hydrogens (tertiary/aromatic N) is 4. The Morgan fingerprint density at radius 3 is 1.60 bits per heavy atom. The Morgan fingerprint density at radius 1 is 0.362 bits per heavy atom. The number of aromatic nitrogens is 4. The van der Waals surface area contributed by atoms with Crippen LogP contribution in [0.4, 0.5) is 0 Å². The third kappa shape index (κ3) is 4.82. The second kappa shape index (κ2) is 11.2. The van der Waals surface area contributed by atoms with Crippen molar-refractivity contribution in [3.8, 4) is 56.5 Å². The Hall–Kier alpha value is -6.46. The summed E-state index contributed by atoms with van der Waals surface area (Å²) in [6, 6.07) is 53.3. The van der Waals surface area contributed by atoms with E-state index >= 15 is 0 Å². The molecule has 5 heteroatoms. The minimum absolute atomic E-state index is 0.597. The van der Waals surface area contributed by atoms with Crippen LogP contribution < -0.4 is 0 Å². The highest BCUT2D eigenvalue weighted by Gasteiger charge is 2.19. The molecule has 3 heterocycles. The minimum atomic E-state index is 0.597. The molecule has 0 saturated heterocycles. The van der Waals surface area contributed by atoms with Crippen molar-refractivity contribution < 1.29 is 4.42 Å². The van der Waals surface area contributed by atoms with E-state index in [0.717, 1.165) is 71.9 Å². The number of pyridine rings is 1. The molecule has 0 saturated carbocycles. The maximum atomic E-state index is 6.54. The van der Waals surface area contributed by atoms with Crippen molar-refractivity contribution in [1.82, 2.24) is 19.9 Å². The fourth-order valence-corrected chi connectivity index (χ4v) is 6.23. The highest BCUT2D eigenvalue weighted by molar-refractivity contribution is 6.19. The fraction of sp³-hybridized carbons (Fsp3) is 0. The average molecular weight is 603 g/mol. The van der Waals surface area contributed by atoms with E-state index < -0.39 is 0 Å². The highest BCUT2D eigenvalue weighted by Crippen LogP contribution is 2.41. The number of furan rings is 1. The lowest BCUT2D eigenvalue weighted by Gasteiger charge is -2.11. The van der Waals surface area contributed by atoms with Gasteiger partial charge in [-0.15, -0.1) is 0 Å². The molecule has 220 valence electrons. The van der Waals surface area contributed by atoms with Crippen LogP contribution in [0.15, 0.2) is 162 Å². The van der Waals surface area contributed by atoms with Crippen molar-refractivity contribution >= 4 is 32.8 Å². The number of hydrogen-bond acceptors (Lipinski definition) is 5. The summed E-state index contributed by atoms with van der Waals surface area (Å²) in [5.41, 5.74) is 9.32. The molecule has 0 unspecified atom stereocenters. The summed E-state index contributed by atoms with van der Waals surface area (Å²) < 4.78 is 6.54. The van der Waals surface area contributed by atoms with Crippen LogP contribution in [0.3, 0.4) is 0 Å². The van der Waals surface area contributed by atoms with Crippen LogP contribution in [0, 0.1) is 0 Å². The molecule has 0 N–H and O–H groups in total. The molecule has 0 aliphatic carbocycles. The van der Waals surface area contributed by atoms with Crippen LogP contribution >= 0.6 is 0 Å². The van der Waals surface area contributed by atoms with Crippen LogP contribution in [0.2, 0.25) is 0 Å². The molecule has 0 spiro atoms. The van der Waals surface area contributed by atoms with Crippen LogP contribution in [0.1, 0.15) is 0 Å². The monoisotopic (exact) mass is 602 g/mol. The van der Waals surface area contributed by atoms with Crippen molar-refractivity contribution in [1.29, 1.82) is 0 Å². The largest absolute Gasteiger partial charge is 0.455 e. The molecule has 0 amide bonds. The molecule has 0 aliphatic rings. The van der Waals surface area contributed by atoms with Crippen molar-refractivity contribution in [2.75, 3.05) is 0 Å². The van der Waals surface area contributed by atoms with Gasteiger partial charge in [-0.25, -0.2) is 19.9 Å². The van der Waals surface area contributed by atoms with Crippen molar-refractivity contribution in [3.63, 3.8) is 0 Å². The normalized spacial score (nSPS) is 11.4. The molecular formula is C42H26N4O. The summed E-state index contributed by atoms with van der Waals surface area (Å²) in [5.74, 6) is 1.85. The number of fused-ring (bicyclic) bond motifs is 5. The number of benzene rings is 6. The predicted octanol–water partition coefficient (Wildman–Crippen LogP) is 10.7.